The molecule has 2 unspecified atom stereocenters. The molecule has 0 spiro atoms. The van der Waals surface area contributed by atoms with Crippen molar-refractivity contribution in [2.24, 2.45) is 11.8 Å². The Bertz CT molecular complexity index is 161. The molecule has 0 heterocycles. The Balaban J connectivity index is 3.70. The molecule has 0 saturated carbocycles. The van der Waals surface area contributed by atoms with Gasteiger partial charge < -0.3 is 5.11 Å². The van der Waals surface area contributed by atoms with Crippen molar-refractivity contribution < 1.29 is 9.90 Å². The van der Waals surface area contributed by atoms with Crippen LogP contribution >= 0.6 is 0 Å². The van der Waals surface area contributed by atoms with Crippen LogP contribution in [0.5, 0.6) is 0 Å². The molecule has 70 valence electrons. The quantitative estimate of drug-likeness (QED) is 0.644. The van der Waals surface area contributed by atoms with Crippen LogP contribution in [0.2, 0.25) is 0 Å². The molecule has 0 bridgehead atoms. The molecular formula is C10H18O2. The van der Waals surface area contributed by atoms with Gasteiger partial charge in [-0.1, -0.05) is 33.3 Å². The number of aliphatic carboxylic acids is 1. The topological polar surface area (TPSA) is 37.3 Å². The van der Waals surface area contributed by atoms with Crippen molar-refractivity contribution in [2.45, 2.75) is 33.6 Å². The van der Waals surface area contributed by atoms with Crippen LogP contribution in [0.1, 0.15) is 33.6 Å². The van der Waals surface area contributed by atoms with E-state index < -0.39 is 5.97 Å². The number of allylic oxidation sites excluding steroid dienone is 1. The van der Waals surface area contributed by atoms with Crippen molar-refractivity contribution >= 4 is 5.97 Å². The summed E-state index contributed by atoms with van der Waals surface area (Å²) in [6.45, 7) is 6.50. The van der Waals surface area contributed by atoms with Crippen molar-refractivity contribution in [2.75, 3.05) is 0 Å². The van der Waals surface area contributed by atoms with Crippen LogP contribution < -0.4 is 0 Å². The molecule has 0 aromatic rings. The van der Waals surface area contributed by atoms with Crippen molar-refractivity contribution in [1.82, 2.24) is 0 Å². The SMILES string of the molecule is CCC(C)C(C)C/C=C/C(=O)O. The lowest BCUT2D eigenvalue weighted by molar-refractivity contribution is -0.131. The fourth-order valence-electron chi connectivity index (χ4n) is 1.02. The van der Waals surface area contributed by atoms with E-state index >= 15 is 0 Å². The third-order valence-electron chi connectivity index (χ3n) is 2.38. The first-order valence-electron chi connectivity index (χ1n) is 4.47. The standard InChI is InChI=1S/C10H18O2/c1-4-8(2)9(3)6-5-7-10(11)12/h5,7-9H,4,6H2,1-3H3,(H,11,12)/b7-5+. The lowest BCUT2D eigenvalue weighted by atomic mass is 9.91. The number of carboxylic acids is 1. The molecule has 0 radical (unpaired) electrons. The van der Waals surface area contributed by atoms with Crippen LogP contribution in [0.25, 0.3) is 0 Å². The summed E-state index contributed by atoms with van der Waals surface area (Å²) in [5.41, 5.74) is 0. The lowest BCUT2D eigenvalue weighted by Crippen LogP contribution is -2.05. The first-order valence-corrected chi connectivity index (χ1v) is 4.47. The molecule has 0 aliphatic heterocycles. The highest BCUT2D eigenvalue weighted by atomic mass is 16.4. The molecule has 0 saturated heterocycles. The molecule has 0 fully saturated rings. The van der Waals surface area contributed by atoms with Gasteiger partial charge in [-0.2, -0.15) is 0 Å². The molecule has 0 aliphatic carbocycles. The normalized spacial score (nSPS) is 16.2. The molecular weight excluding hydrogens is 152 g/mol. The van der Waals surface area contributed by atoms with E-state index in [9.17, 15) is 4.79 Å². The largest absolute Gasteiger partial charge is 0.478 e. The number of rotatable bonds is 5. The van der Waals surface area contributed by atoms with Gasteiger partial charge in [0.2, 0.25) is 0 Å². The minimum atomic E-state index is -0.855. The summed E-state index contributed by atoms with van der Waals surface area (Å²) in [6.07, 6.45) is 4.97. The zero-order chi connectivity index (χ0) is 9.56. The van der Waals surface area contributed by atoms with Gasteiger partial charge in [-0.05, 0) is 18.3 Å². The van der Waals surface area contributed by atoms with E-state index in [2.05, 4.69) is 20.8 Å². The van der Waals surface area contributed by atoms with Gasteiger partial charge in [-0.15, -0.1) is 0 Å². The van der Waals surface area contributed by atoms with Gasteiger partial charge in [0.05, 0.1) is 0 Å². The third kappa shape index (κ3) is 4.94. The maximum absolute atomic E-state index is 10.1. The molecule has 0 aromatic heterocycles. The number of hydrogen-bond acceptors (Lipinski definition) is 1. The van der Waals surface area contributed by atoms with Crippen LogP contribution in [-0.4, -0.2) is 11.1 Å². The van der Waals surface area contributed by atoms with Gasteiger partial charge in [0.1, 0.15) is 0 Å². The molecule has 2 nitrogen and oxygen atoms in total. The van der Waals surface area contributed by atoms with Crippen LogP contribution in [0.15, 0.2) is 12.2 Å². The van der Waals surface area contributed by atoms with Crippen molar-refractivity contribution in [1.29, 1.82) is 0 Å². The Kier molecular flexibility index (Phi) is 5.43. The highest BCUT2D eigenvalue weighted by molar-refractivity contribution is 5.79. The number of carboxylic acid groups (broad SMARTS) is 1. The Morgan fingerprint density at radius 2 is 2.00 bits per heavy atom. The summed E-state index contributed by atoms with van der Waals surface area (Å²) in [7, 11) is 0. The number of hydrogen-bond donors (Lipinski definition) is 1. The second kappa shape index (κ2) is 5.81. The van der Waals surface area contributed by atoms with E-state index in [0.29, 0.717) is 11.8 Å². The maximum Gasteiger partial charge on any atom is 0.327 e. The van der Waals surface area contributed by atoms with Crippen molar-refractivity contribution in [3.8, 4) is 0 Å². The van der Waals surface area contributed by atoms with Gasteiger partial charge in [-0.25, -0.2) is 4.79 Å². The molecule has 12 heavy (non-hydrogen) atoms. The summed E-state index contributed by atoms with van der Waals surface area (Å²) in [5, 5.41) is 8.34. The van der Waals surface area contributed by atoms with Gasteiger partial charge in [-0.3, -0.25) is 0 Å². The average Bonchev–Trinajstić information content (AvgIpc) is 2.02. The van der Waals surface area contributed by atoms with Gasteiger partial charge in [0, 0.05) is 6.08 Å². The summed E-state index contributed by atoms with van der Waals surface area (Å²) >= 11 is 0. The molecule has 0 amide bonds. The fraction of sp³-hybridized carbons (Fsp3) is 0.700. The van der Waals surface area contributed by atoms with Gasteiger partial charge >= 0.3 is 5.97 Å². The minimum absolute atomic E-state index is 0.575. The molecule has 0 aliphatic rings. The van der Waals surface area contributed by atoms with E-state index in [0.717, 1.165) is 12.8 Å². The Morgan fingerprint density at radius 1 is 1.42 bits per heavy atom. The first-order chi connectivity index (χ1) is 5.57. The molecule has 1 N–H and O–H groups in total. The smallest absolute Gasteiger partial charge is 0.327 e. The maximum atomic E-state index is 10.1. The van der Waals surface area contributed by atoms with Gasteiger partial charge in [0.25, 0.3) is 0 Å². The minimum Gasteiger partial charge on any atom is -0.478 e. The second-order valence-electron chi connectivity index (χ2n) is 3.34. The fourth-order valence-corrected chi connectivity index (χ4v) is 1.02. The zero-order valence-corrected chi connectivity index (χ0v) is 8.08. The van der Waals surface area contributed by atoms with E-state index in [1.807, 2.05) is 0 Å². The van der Waals surface area contributed by atoms with E-state index in [4.69, 9.17) is 5.11 Å². The predicted molar refractivity (Wildman–Crippen MR) is 50.0 cm³/mol. The molecule has 0 rings (SSSR count). The Hall–Kier alpha value is -0.790. The van der Waals surface area contributed by atoms with E-state index in [1.54, 1.807) is 6.08 Å². The van der Waals surface area contributed by atoms with Crippen LogP contribution in [0, 0.1) is 11.8 Å². The van der Waals surface area contributed by atoms with Gasteiger partial charge in [0.15, 0.2) is 0 Å². The van der Waals surface area contributed by atoms with Crippen LogP contribution in [0.3, 0.4) is 0 Å². The number of carbonyl (C=O) groups is 1. The Labute approximate surface area is 74.3 Å². The van der Waals surface area contributed by atoms with Crippen molar-refractivity contribution in [3.05, 3.63) is 12.2 Å². The summed E-state index contributed by atoms with van der Waals surface area (Å²) < 4.78 is 0. The first kappa shape index (κ1) is 11.2. The molecule has 2 heteroatoms. The summed E-state index contributed by atoms with van der Waals surface area (Å²) in [6, 6.07) is 0. The highest BCUT2D eigenvalue weighted by Gasteiger charge is 2.07. The summed E-state index contributed by atoms with van der Waals surface area (Å²) in [4.78, 5) is 10.1. The molecule has 0 aromatic carbocycles. The highest BCUT2D eigenvalue weighted by Crippen LogP contribution is 2.18. The second-order valence-corrected chi connectivity index (χ2v) is 3.34. The Morgan fingerprint density at radius 3 is 2.42 bits per heavy atom. The van der Waals surface area contributed by atoms with E-state index in [-0.39, 0.29) is 0 Å². The average molecular weight is 170 g/mol. The monoisotopic (exact) mass is 170 g/mol. The lowest BCUT2D eigenvalue weighted by Gasteiger charge is -2.15. The van der Waals surface area contributed by atoms with Crippen LogP contribution in [0.4, 0.5) is 0 Å². The van der Waals surface area contributed by atoms with E-state index in [1.165, 1.54) is 6.08 Å². The molecule has 2 atom stereocenters. The zero-order valence-electron chi connectivity index (χ0n) is 8.08. The van der Waals surface area contributed by atoms with Crippen LogP contribution in [-0.2, 0) is 4.79 Å². The third-order valence-corrected chi connectivity index (χ3v) is 2.38. The van der Waals surface area contributed by atoms with Crippen molar-refractivity contribution in [3.63, 3.8) is 0 Å². The summed E-state index contributed by atoms with van der Waals surface area (Å²) in [5.74, 6) is 0.389. The predicted octanol–water partition coefficient (Wildman–Crippen LogP) is 2.70.